The number of phenols is 1. The van der Waals surface area contributed by atoms with Crippen molar-refractivity contribution in [3.05, 3.63) is 104 Å². The fourth-order valence-corrected chi connectivity index (χ4v) is 11.7. The standard InChI is InChI=1S/C59H68FN5O16/c1-25-13-12-14-26(2)57(75)62-43-46(63-20-33(21-63)58(76)61-34-22-64(23-34)45-38(60)19-36-44(55(45)78-11)65(35-15-16-35)24-37(31(7)66)50(36)71)52(73)40-41(51(43)72)49(70)30(6)54-42(40)56(74)59(9,81-54)79-18-17-39(77-10)27(3)53(80-32(8)67)29(5)48(69)28(4)47(25)68/h12-14,17-19,24-25,27-29,33-35,39,47-48,53,68-70H,15-16,20-23H2,1-11H3,(H,61,76)(H,62,75)/b13-12+,18-17+,26-14-/t25-,27+,28+,29+,39-,47-,48+,53+,59-/m0/s1. The van der Waals surface area contributed by atoms with Crippen LogP contribution in [-0.2, 0) is 28.6 Å². The monoisotopic (exact) mass is 1120 g/mol. The normalized spacial score (nSPS) is 29.0. The summed E-state index contributed by atoms with van der Waals surface area (Å²) in [6.07, 6.45) is 6.04. The molecule has 2 saturated heterocycles. The number of rotatable bonds is 9. The first-order valence-corrected chi connectivity index (χ1v) is 27.0. The summed E-state index contributed by atoms with van der Waals surface area (Å²) < 4.78 is 47.3. The van der Waals surface area contributed by atoms with Gasteiger partial charge in [0, 0.05) is 94.2 Å². The molecule has 81 heavy (non-hydrogen) atoms. The molecule has 10 rings (SSSR count). The summed E-state index contributed by atoms with van der Waals surface area (Å²) in [5.41, 5.74) is -2.57. The summed E-state index contributed by atoms with van der Waals surface area (Å²) in [4.78, 5) is 114. The van der Waals surface area contributed by atoms with E-state index in [0.717, 1.165) is 25.2 Å². The minimum atomic E-state index is -2.19. The fourth-order valence-electron chi connectivity index (χ4n) is 11.7. The van der Waals surface area contributed by atoms with Crippen LogP contribution in [0.5, 0.6) is 17.2 Å². The maximum absolute atomic E-state index is 16.1. The Labute approximate surface area is 466 Å². The molecule has 21 nitrogen and oxygen atoms in total. The summed E-state index contributed by atoms with van der Waals surface area (Å²) in [5.74, 6) is -12.5. The van der Waals surface area contributed by atoms with Crippen LogP contribution >= 0.6 is 0 Å². The van der Waals surface area contributed by atoms with Gasteiger partial charge in [0.1, 0.15) is 34.7 Å². The van der Waals surface area contributed by atoms with Crippen molar-refractivity contribution in [3.63, 3.8) is 0 Å². The number of hydrogen-bond acceptors (Lipinski definition) is 18. The number of halogens is 1. The van der Waals surface area contributed by atoms with E-state index in [2.05, 4.69) is 10.6 Å². The van der Waals surface area contributed by atoms with E-state index >= 15 is 9.18 Å². The van der Waals surface area contributed by atoms with Crippen LogP contribution in [0, 0.1) is 42.3 Å². The number of anilines is 1. The number of allylic oxidation sites excluding steroid dienone is 4. The number of phenolic OH excluding ortho intramolecular Hbond substituents is 1. The van der Waals surface area contributed by atoms with Gasteiger partial charge >= 0.3 is 11.8 Å². The van der Waals surface area contributed by atoms with Gasteiger partial charge in [-0.15, -0.1) is 0 Å². The van der Waals surface area contributed by atoms with Crippen molar-refractivity contribution in [2.24, 2.45) is 29.6 Å². The van der Waals surface area contributed by atoms with Gasteiger partial charge in [0.15, 0.2) is 22.8 Å². The Morgan fingerprint density at radius 3 is 2.17 bits per heavy atom. The number of aromatic hydroxyl groups is 1. The van der Waals surface area contributed by atoms with E-state index < -0.39 is 141 Å². The van der Waals surface area contributed by atoms with Gasteiger partial charge in [0.2, 0.25) is 17.5 Å². The first-order chi connectivity index (χ1) is 38.2. The third-order valence-electron chi connectivity index (χ3n) is 16.8. The Hall–Kier alpha value is -7.69. The number of aromatic nitrogens is 1. The zero-order chi connectivity index (χ0) is 59.0. The Morgan fingerprint density at radius 2 is 1.56 bits per heavy atom. The van der Waals surface area contributed by atoms with Gasteiger partial charge < -0.3 is 64.0 Å². The van der Waals surface area contributed by atoms with Gasteiger partial charge in [0.25, 0.3) is 11.7 Å². The number of ketones is 4. The Balaban J connectivity index is 1.01. The number of ether oxygens (including phenoxy) is 5. The molecule has 432 valence electrons. The predicted octanol–water partition coefficient (Wildman–Crippen LogP) is 4.89. The number of nitrogens with one attached hydrogen (secondary N) is 2. The Kier molecular flexibility index (Phi) is 15.7. The van der Waals surface area contributed by atoms with Gasteiger partial charge in [0.05, 0.1) is 76.8 Å². The first kappa shape index (κ1) is 58.0. The number of likely N-dealkylation sites (tertiary alicyclic amines) is 1. The minimum absolute atomic E-state index is 0.00527. The summed E-state index contributed by atoms with van der Waals surface area (Å²) in [6, 6.07) is 0.632. The van der Waals surface area contributed by atoms with E-state index in [0.29, 0.717) is 5.52 Å². The molecular formula is C59H68FN5O16. The van der Waals surface area contributed by atoms with Crippen molar-refractivity contribution in [1.29, 1.82) is 0 Å². The van der Waals surface area contributed by atoms with Gasteiger partial charge in [-0.1, -0.05) is 45.9 Å². The molecule has 3 fully saturated rings. The number of carbonyl (C=O) groups excluding carboxylic acids is 7. The predicted molar refractivity (Wildman–Crippen MR) is 290 cm³/mol. The third kappa shape index (κ3) is 10.2. The maximum Gasteiger partial charge on any atom is 0.312 e. The van der Waals surface area contributed by atoms with E-state index in [-0.39, 0.29) is 82.8 Å². The van der Waals surface area contributed by atoms with Crippen molar-refractivity contribution < 1.29 is 77.0 Å². The molecule has 3 aromatic rings. The zero-order valence-electron chi connectivity index (χ0n) is 47.0. The smallest absolute Gasteiger partial charge is 0.312 e. The SMILES string of the molecule is COc1c(N2CC(NC(=O)C3CN(C4=C5NC(=O)/C(C)=C\C=C\[C@H](C)[C@H](O)[C@@H](C)[C@@H](O)[C@@H](C)[C@H](OC(C)=O)[C@H](C)[C@@H](OC)/C=C/O[C@@]6(C)Oc7c(C)c(O)c(c(c7C6=O)C4=O)C5=O)C3)C2)c(F)cc2c(=O)c(C(C)=O)cn(C3CC3)c12. The highest BCUT2D eigenvalue weighted by Gasteiger charge is 2.54. The quantitative estimate of drug-likeness (QED) is 0.141. The zero-order valence-corrected chi connectivity index (χ0v) is 47.0. The number of Topliss-reactive ketones (excluding diaryl/α,β-unsaturated/α-hetero) is 4. The van der Waals surface area contributed by atoms with Crippen LogP contribution in [0.25, 0.3) is 10.9 Å². The highest BCUT2D eigenvalue weighted by Crippen LogP contribution is 2.50. The van der Waals surface area contributed by atoms with Crippen molar-refractivity contribution in [2.75, 3.05) is 45.3 Å². The molecule has 5 aliphatic heterocycles. The Bertz CT molecular complexity index is 3380. The van der Waals surface area contributed by atoms with E-state index in [4.69, 9.17) is 23.7 Å². The summed E-state index contributed by atoms with van der Waals surface area (Å²) in [7, 11) is 2.77. The van der Waals surface area contributed by atoms with Crippen molar-refractivity contribution in [3.8, 4) is 17.2 Å². The van der Waals surface area contributed by atoms with Crippen LogP contribution in [0.4, 0.5) is 10.1 Å². The highest BCUT2D eigenvalue weighted by atomic mass is 19.1. The number of nitrogens with zero attached hydrogens (tertiary/aromatic N) is 3. The number of hydrogen-bond donors (Lipinski definition) is 5. The lowest BCUT2D eigenvalue weighted by Crippen LogP contribution is -2.63. The van der Waals surface area contributed by atoms with E-state index in [1.807, 2.05) is 0 Å². The third-order valence-corrected chi connectivity index (χ3v) is 16.8. The molecule has 2 aliphatic carbocycles. The molecule has 0 radical (unpaired) electrons. The van der Waals surface area contributed by atoms with Gasteiger partial charge in [-0.05, 0) is 45.8 Å². The molecule has 5 N–H and O–H groups in total. The first-order valence-electron chi connectivity index (χ1n) is 27.0. The lowest BCUT2D eigenvalue weighted by atomic mass is 9.78. The molecule has 6 heterocycles. The van der Waals surface area contributed by atoms with Crippen LogP contribution in [0.15, 0.2) is 64.6 Å². The van der Waals surface area contributed by atoms with Crippen LogP contribution in [0.2, 0.25) is 0 Å². The summed E-state index contributed by atoms with van der Waals surface area (Å²) >= 11 is 0. The van der Waals surface area contributed by atoms with Crippen LogP contribution < -0.4 is 30.4 Å². The number of aliphatic hydroxyl groups is 2. The van der Waals surface area contributed by atoms with Crippen molar-refractivity contribution in [1.82, 2.24) is 20.1 Å². The van der Waals surface area contributed by atoms with Gasteiger partial charge in [-0.3, -0.25) is 38.4 Å². The molecule has 1 aromatic heterocycles. The lowest BCUT2D eigenvalue weighted by Gasteiger charge is -2.45. The molecule has 7 aliphatic rings. The van der Waals surface area contributed by atoms with Crippen LogP contribution in [-0.4, -0.2) is 142 Å². The molecule has 2 amide bonds. The number of carbonyl (C=O) groups is 7. The number of benzene rings is 2. The Morgan fingerprint density at radius 1 is 0.877 bits per heavy atom. The van der Waals surface area contributed by atoms with Crippen molar-refractivity contribution >= 4 is 57.5 Å². The molecule has 0 spiro atoms. The number of pyridine rings is 1. The largest absolute Gasteiger partial charge is 0.507 e. The second kappa shape index (κ2) is 22.0. The highest BCUT2D eigenvalue weighted by molar-refractivity contribution is 6.32. The van der Waals surface area contributed by atoms with Crippen LogP contribution in [0.3, 0.4) is 0 Å². The number of esters is 1. The van der Waals surface area contributed by atoms with Crippen molar-refractivity contribution in [2.45, 2.75) is 117 Å². The number of methoxy groups -OCH3 is 2. The average molecular weight is 1120 g/mol. The molecular weight excluding hydrogens is 1050 g/mol. The molecule has 9 atom stereocenters. The second-order valence-corrected chi connectivity index (χ2v) is 22.4. The van der Waals surface area contributed by atoms with Gasteiger partial charge in [-0.2, -0.15) is 0 Å². The summed E-state index contributed by atoms with van der Waals surface area (Å²) in [6.45, 7) is 13.4. The van der Waals surface area contributed by atoms with E-state index in [1.54, 1.807) is 43.2 Å². The van der Waals surface area contributed by atoms with E-state index in [9.17, 15) is 48.9 Å². The molecule has 0 unspecified atom stereocenters. The molecule has 5 bridgehead atoms. The fraction of sp³-hybridized carbons (Fsp3) is 0.492. The summed E-state index contributed by atoms with van der Waals surface area (Å²) in [5, 5.41) is 40.4. The lowest BCUT2D eigenvalue weighted by molar-refractivity contribution is -0.160. The molecule has 1 saturated carbocycles. The topological polar surface area (TPSA) is 279 Å². The number of amides is 2. The number of fused-ring (bicyclic) bond motifs is 15. The molecule has 2 aromatic carbocycles. The number of aliphatic hydroxyl groups excluding tert-OH is 2. The maximum atomic E-state index is 16.1. The van der Waals surface area contributed by atoms with Gasteiger partial charge in [-0.25, -0.2) is 4.39 Å². The molecule has 22 heteroatoms. The van der Waals surface area contributed by atoms with Crippen LogP contribution in [0.1, 0.15) is 121 Å². The minimum Gasteiger partial charge on any atom is -0.507 e. The average Bonchev–Trinajstić information content (AvgIpc) is 2.25. The second-order valence-electron chi connectivity index (χ2n) is 22.4. The van der Waals surface area contributed by atoms with E-state index in [1.165, 1.54) is 78.2 Å².